The van der Waals surface area contributed by atoms with Crippen molar-refractivity contribution in [2.24, 2.45) is 0 Å². The Morgan fingerprint density at radius 1 is 1.22 bits per heavy atom. The minimum atomic E-state index is 0.508. The third-order valence-corrected chi connectivity index (χ3v) is 2.66. The number of rotatable bonds is 4. The van der Waals surface area contributed by atoms with Gasteiger partial charge in [-0.05, 0) is 12.5 Å². The molecule has 0 spiro atoms. The van der Waals surface area contributed by atoms with Gasteiger partial charge in [-0.15, -0.1) is 0 Å². The predicted octanol–water partition coefficient (Wildman–Crippen LogP) is 2.54. The molecule has 0 aliphatic rings. The van der Waals surface area contributed by atoms with E-state index in [-0.39, 0.29) is 0 Å². The zero-order valence-corrected chi connectivity index (χ0v) is 10.8. The molecule has 0 saturated heterocycles. The summed E-state index contributed by atoms with van der Waals surface area (Å²) in [5, 5.41) is 3.27. The average Bonchev–Trinajstić information content (AvgIpc) is 2.36. The average molecular weight is 242 g/mol. The quantitative estimate of drug-likeness (QED) is 0.864. The molecule has 0 saturated carbocycles. The summed E-state index contributed by atoms with van der Waals surface area (Å²) >= 11 is 0. The van der Waals surface area contributed by atoms with Crippen LogP contribution in [-0.4, -0.2) is 9.97 Å². The van der Waals surface area contributed by atoms with E-state index in [1.807, 2.05) is 6.92 Å². The van der Waals surface area contributed by atoms with Gasteiger partial charge in [-0.25, -0.2) is 9.97 Å². The highest BCUT2D eigenvalue weighted by atomic mass is 15.0. The lowest BCUT2D eigenvalue weighted by atomic mass is 10.1. The molecule has 0 aliphatic carbocycles. The molecule has 0 amide bonds. The Balaban J connectivity index is 2.08. The molecular formula is C14H18N4. The standard InChI is InChI=1S/C14H18N4/c1-3-13-17-12(15)8-14(18-13)16-9-11-6-4-5-10(2)7-11/h4-8H,3,9H2,1-2H3,(H3,15,16,17,18). The Hall–Kier alpha value is -2.10. The lowest BCUT2D eigenvalue weighted by Gasteiger charge is -2.08. The second kappa shape index (κ2) is 5.49. The summed E-state index contributed by atoms with van der Waals surface area (Å²) in [6.07, 6.45) is 0.782. The van der Waals surface area contributed by atoms with E-state index in [0.717, 1.165) is 24.6 Å². The number of nitrogens with one attached hydrogen (secondary N) is 1. The normalized spacial score (nSPS) is 10.3. The second-order valence-corrected chi connectivity index (χ2v) is 4.29. The van der Waals surface area contributed by atoms with Crippen LogP contribution in [-0.2, 0) is 13.0 Å². The lowest BCUT2D eigenvalue weighted by molar-refractivity contribution is 0.938. The molecule has 0 atom stereocenters. The van der Waals surface area contributed by atoms with Crippen molar-refractivity contribution in [3.05, 3.63) is 47.3 Å². The summed E-state index contributed by atoms with van der Waals surface area (Å²) in [5.41, 5.74) is 8.22. The van der Waals surface area contributed by atoms with Crippen molar-refractivity contribution >= 4 is 11.6 Å². The van der Waals surface area contributed by atoms with Crippen LogP contribution in [0.5, 0.6) is 0 Å². The number of aromatic nitrogens is 2. The maximum atomic E-state index is 5.74. The van der Waals surface area contributed by atoms with Crippen molar-refractivity contribution in [3.63, 3.8) is 0 Å². The van der Waals surface area contributed by atoms with E-state index in [0.29, 0.717) is 5.82 Å². The van der Waals surface area contributed by atoms with Crippen molar-refractivity contribution < 1.29 is 0 Å². The van der Waals surface area contributed by atoms with Crippen LogP contribution in [0.1, 0.15) is 23.9 Å². The number of hydrogen-bond acceptors (Lipinski definition) is 4. The number of hydrogen-bond donors (Lipinski definition) is 2. The van der Waals surface area contributed by atoms with Gasteiger partial charge in [0.25, 0.3) is 0 Å². The molecule has 0 aliphatic heterocycles. The number of anilines is 2. The Morgan fingerprint density at radius 3 is 2.78 bits per heavy atom. The fourth-order valence-electron chi connectivity index (χ4n) is 1.78. The maximum Gasteiger partial charge on any atom is 0.132 e. The van der Waals surface area contributed by atoms with E-state index < -0.39 is 0 Å². The SMILES string of the molecule is CCc1nc(N)cc(NCc2cccc(C)c2)n1. The molecule has 94 valence electrons. The van der Waals surface area contributed by atoms with Crippen LogP contribution in [0, 0.1) is 6.92 Å². The van der Waals surface area contributed by atoms with E-state index in [4.69, 9.17) is 5.73 Å². The highest BCUT2D eigenvalue weighted by molar-refractivity contribution is 5.45. The second-order valence-electron chi connectivity index (χ2n) is 4.29. The van der Waals surface area contributed by atoms with Crippen LogP contribution in [0.3, 0.4) is 0 Å². The molecule has 0 bridgehead atoms. The summed E-state index contributed by atoms with van der Waals surface area (Å²) in [6.45, 7) is 4.84. The first-order valence-corrected chi connectivity index (χ1v) is 6.10. The van der Waals surface area contributed by atoms with Crippen LogP contribution < -0.4 is 11.1 Å². The van der Waals surface area contributed by atoms with Gasteiger partial charge in [0.05, 0.1) is 0 Å². The first-order chi connectivity index (χ1) is 8.67. The summed E-state index contributed by atoms with van der Waals surface area (Å²) < 4.78 is 0. The summed E-state index contributed by atoms with van der Waals surface area (Å²) in [4.78, 5) is 8.54. The van der Waals surface area contributed by atoms with Gasteiger partial charge >= 0.3 is 0 Å². The van der Waals surface area contributed by atoms with Gasteiger partial charge < -0.3 is 11.1 Å². The molecule has 4 nitrogen and oxygen atoms in total. The highest BCUT2D eigenvalue weighted by Crippen LogP contribution is 2.11. The van der Waals surface area contributed by atoms with Gasteiger partial charge in [-0.1, -0.05) is 36.8 Å². The molecule has 18 heavy (non-hydrogen) atoms. The molecule has 2 aromatic rings. The summed E-state index contributed by atoms with van der Waals surface area (Å²) in [5.74, 6) is 2.05. The molecule has 0 radical (unpaired) electrons. The molecule has 0 unspecified atom stereocenters. The van der Waals surface area contributed by atoms with Gasteiger partial charge in [0, 0.05) is 19.0 Å². The van der Waals surface area contributed by atoms with Crippen LogP contribution in [0.2, 0.25) is 0 Å². The minimum absolute atomic E-state index is 0.508. The molecule has 2 rings (SSSR count). The molecule has 1 heterocycles. The fraction of sp³-hybridized carbons (Fsp3) is 0.286. The molecular weight excluding hydrogens is 224 g/mol. The largest absolute Gasteiger partial charge is 0.384 e. The van der Waals surface area contributed by atoms with Gasteiger partial charge in [-0.3, -0.25) is 0 Å². The summed E-state index contributed by atoms with van der Waals surface area (Å²) in [6, 6.07) is 10.1. The highest BCUT2D eigenvalue weighted by Gasteiger charge is 2.01. The monoisotopic (exact) mass is 242 g/mol. The number of nitrogens with two attached hydrogens (primary N) is 1. The molecule has 1 aromatic heterocycles. The lowest BCUT2D eigenvalue weighted by Crippen LogP contribution is -2.06. The number of aryl methyl sites for hydroxylation is 2. The predicted molar refractivity (Wildman–Crippen MR) is 74.3 cm³/mol. The maximum absolute atomic E-state index is 5.74. The van der Waals surface area contributed by atoms with Crippen LogP contribution in [0.15, 0.2) is 30.3 Å². The number of nitrogens with zero attached hydrogens (tertiary/aromatic N) is 2. The van der Waals surface area contributed by atoms with Crippen molar-refractivity contribution in [1.29, 1.82) is 0 Å². The van der Waals surface area contributed by atoms with Gasteiger partial charge in [0.2, 0.25) is 0 Å². The first kappa shape index (κ1) is 12.4. The van der Waals surface area contributed by atoms with E-state index in [1.54, 1.807) is 6.07 Å². The van der Waals surface area contributed by atoms with Gasteiger partial charge in [0.1, 0.15) is 17.5 Å². The molecule has 1 aromatic carbocycles. The zero-order valence-electron chi connectivity index (χ0n) is 10.8. The number of nitrogen functional groups attached to an aromatic ring is 1. The first-order valence-electron chi connectivity index (χ1n) is 6.10. The molecule has 4 heteroatoms. The van der Waals surface area contributed by atoms with Crippen molar-refractivity contribution in [1.82, 2.24) is 9.97 Å². The van der Waals surface area contributed by atoms with Gasteiger partial charge in [-0.2, -0.15) is 0 Å². The van der Waals surface area contributed by atoms with Crippen LogP contribution >= 0.6 is 0 Å². The van der Waals surface area contributed by atoms with Crippen molar-refractivity contribution in [2.45, 2.75) is 26.8 Å². The van der Waals surface area contributed by atoms with E-state index >= 15 is 0 Å². The third kappa shape index (κ3) is 3.20. The Kier molecular flexibility index (Phi) is 3.77. The van der Waals surface area contributed by atoms with Crippen LogP contribution in [0.25, 0.3) is 0 Å². The zero-order chi connectivity index (χ0) is 13.0. The van der Waals surface area contributed by atoms with Crippen LogP contribution in [0.4, 0.5) is 11.6 Å². The van der Waals surface area contributed by atoms with Gasteiger partial charge in [0.15, 0.2) is 0 Å². The topological polar surface area (TPSA) is 63.8 Å². The van der Waals surface area contributed by atoms with E-state index in [1.165, 1.54) is 11.1 Å². The van der Waals surface area contributed by atoms with Crippen molar-refractivity contribution in [2.75, 3.05) is 11.1 Å². The minimum Gasteiger partial charge on any atom is -0.384 e. The van der Waals surface area contributed by atoms with E-state index in [2.05, 4.69) is 46.5 Å². The third-order valence-electron chi connectivity index (χ3n) is 2.66. The molecule has 0 fully saturated rings. The Bertz CT molecular complexity index is 537. The Morgan fingerprint density at radius 2 is 2.06 bits per heavy atom. The van der Waals surface area contributed by atoms with E-state index in [9.17, 15) is 0 Å². The Labute approximate surface area is 107 Å². The van der Waals surface area contributed by atoms with Crippen molar-refractivity contribution in [3.8, 4) is 0 Å². The smallest absolute Gasteiger partial charge is 0.132 e. The summed E-state index contributed by atoms with van der Waals surface area (Å²) in [7, 11) is 0. The molecule has 3 N–H and O–H groups in total. The number of benzene rings is 1. The fourth-order valence-corrected chi connectivity index (χ4v) is 1.78.